The van der Waals surface area contributed by atoms with Gasteiger partial charge in [0.25, 0.3) is 0 Å². The number of fused-ring (bicyclic) bond motifs is 4. The van der Waals surface area contributed by atoms with Gasteiger partial charge in [0.15, 0.2) is 11.6 Å². The number of nitriles is 1. The lowest BCUT2D eigenvalue weighted by Crippen LogP contribution is -2.52. The maximum atomic E-state index is 17.0. The number of nitrogens with zero attached hydrogens (tertiary/aromatic N) is 7. The summed E-state index contributed by atoms with van der Waals surface area (Å²) in [6, 6.07) is 2.55. The van der Waals surface area contributed by atoms with Gasteiger partial charge in [-0.25, -0.2) is 23.5 Å². The normalized spacial score (nSPS) is 20.6. The predicted molar refractivity (Wildman–Crippen MR) is 175 cm³/mol. The van der Waals surface area contributed by atoms with E-state index in [4.69, 9.17) is 19.4 Å². The summed E-state index contributed by atoms with van der Waals surface area (Å²) >= 11 is 0.870. The van der Waals surface area contributed by atoms with Crippen LogP contribution in [0, 0.1) is 23.0 Å². The smallest absolute Gasteiger partial charge is 0.412 e. The molecule has 0 aliphatic carbocycles. The van der Waals surface area contributed by atoms with Crippen molar-refractivity contribution in [2.24, 2.45) is 0 Å². The van der Waals surface area contributed by atoms with E-state index in [-0.39, 0.29) is 56.7 Å². The van der Waals surface area contributed by atoms with Crippen molar-refractivity contribution in [1.29, 1.82) is 5.26 Å². The van der Waals surface area contributed by atoms with Crippen molar-refractivity contribution in [1.82, 2.24) is 24.8 Å². The van der Waals surface area contributed by atoms with E-state index in [9.17, 15) is 10.1 Å². The SMILES string of the molecule is C[C@@H]1[C@H](N2CCN(C)CC2)CCN1c1ncc2c3c(c(-c4ncc(F)c5sc(NC(=O)OC(C)(C)C)c(C#N)c45)c(F)c2n1)COC3. The molecule has 2 fully saturated rings. The lowest BCUT2D eigenvalue weighted by molar-refractivity contribution is 0.0636. The molecule has 1 aromatic carbocycles. The Morgan fingerprint density at radius 1 is 1.13 bits per heavy atom. The lowest BCUT2D eigenvalue weighted by Gasteiger charge is -2.38. The summed E-state index contributed by atoms with van der Waals surface area (Å²) in [5.41, 5.74) is 0.749. The molecule has 0 bridgehead atoms. The molecule has 1 amide bonds. The van der Waals surface area contributed by atoms with Crippen LogP contribution in [-0.2, 0) is 22.7 Å². The van der Waals surface area contributed by atoms with E-state index in [1.54, 1.807) is 27.0 Å². The predicted octanol–water partition coefficient (Wildman–Crippen LogP) is 5.65. The van der Waals surface area contributed by atoms with Gasteiger partial charge in [-0.05, 0) is 52.3 Å². The van der Waals surface area contributed by atoms with Gasteiger partial charge < -0.3 is 19.3 Å². The zero-order valence-corrected chi connectivity index (χ0v) is 27.8. The Kier molecular flexibility index (Phi) is 7.99. The molecular weight excluding hydrogens is 626 g/mol. The molecule has 3 aromatic heterocycles. The van der Waals surface area contributed by atoms with E-state index in [2.05, 4.69) is 45.0 Å². The summed E-state index contributed by atoms with van der Waals surface area (Å²) in [5, 5.41) is 13.5. The van der Waals surface area contributed by atoms with Crippen molar-refractivity contribution in [3.8, 4) is 17.3 Å². The van der Waals surface area contributed by atoms with E-state index in [0.717, 1.165) is 62.2 Å². The molecule has 0 spiro atoms. The van der Waals surface area contributed by atoms with Crippen molar-refractivity contribution >= 4 is 49.4 Å². The fourth-order valence-electron chi connectivity index (χ4n) is 6.99. The number of hydrogen-bond donors (Lipinski definition) is 1. The van der Waals surface area contributed by atoms with E-state index in [1.807, 2.05) is 0 Å². The van der Waals surface area contributed by atoms with Crippen LogP contribution in [0.5, 0.6) is 0 Å². The first-order chi connectivity index (χ1) is 22.4. The number of halogens is 2. The minimum Gasteiger partial charge on any atom is -0.444 e. The molecule has 2 saturated heterocycles. The maximum absolute atomic E-state index is 17.0. The number of pyridine rings is 1. The molecule has 3 aliphatic rings. The summed E-state index contributed by atoms with van der Waals surface area (Å²) in [4.78, 5) is 33.5. The highest BCUT2D eigenvalue weighted by molar-refractivity contribution is 7.23. The van der Waals surface area contributed by atoms with E-state index in [1.165, 1.54) is 0 Å². The highest BCUT2D eigenvalue weighted by atomic mass is 32.1. The Morgan fingerprint density at radius 2 is 1.87 bits per heavy atom. The van der Waals surface area contributed by atoms with Crippen LogP contribution in [0.4, 0.5) is 24.5 Å². The molecule has 7 rings (SSSR count). The minimum atomic E-state index is -0.795. The Hall–Kier alpha value is -4.03. The third kappa shape index (κ3) is 5.54. The van der Waals surface area contributed by atoms with Crippen LogP contribution in [0.2, 0.25) is 0 Å². The van der Waals surface area contributed by atoms with Gasteiger partial charge in [-0.2, -0.15) is 5.26 Å². The van der Waals surface area contributed by atoms with Crippen LogP contribution in [0.15, 0.2) is 12.4 Å². The number of piperazine rings is 1. The summed E-state index contributed by atoms with van der Waals surface area (Å²) in [6.07, 6.45) is 2.84. The van der Waals surface area contributed by atoms with Gasteiger partial charge in [0.2, 0.25) is 5.95 Å². The molecular formula is C33H36F2N8O3S. The molecule has 2 atom stereocenters. The number of ether oxygens (including phenoxy) is 2. The number of aromatic nitrogens is 3. The fraction of sp³-hybridized carbons (Fsp3) is 0.485. The molecule has 1 N–H and O–H groups in total. The summed E-state index contributed by atoms with van der Waals surface area (Å²) < 4.78 is 43.4. The minimum absolute atomic E-state index is 0.0331. The molecule has 14 heteroatoms. The number of amides is 1. The van der Waals surface area contributed by atoms with Gasteiger partial charge >= 0.3 is 6.09 Å². The first-order valence-corrected chi connectivity index (χ1v) is 16.5. The summed E-state index contributed by atoms with van der Waals surface area (Å²) in [7, 11) is 2.14. The third-order valence-corrected chi connectivity index (χ3v) is 10.4. The average Bonchev–Trinajstić information content (AvgIpc) is 3.75. The van der Waals surface area contributed by atoms with Gasteiger partial charge in [-0.1, -0.05) is 0 Å². The van der Waals surface area contributed by atoms with Crippen LogP contribution in [0.25, 0.3) is 32.2 Å². The maximum Gasteiger partial charge on any atom is 0.412 e. The molecule has 4 aromatic rings. The zero-order chi connectivity index (χ0) is 33.2. The Labute approximate surface area is 275 Å². The highest BCUT2D eigenvalue weighted by Crippen LogP contribution is 2.46. The van der Waals surface area contributed by atoms with Crippen molar-refractivity contribution in [3.63, 3.8) is 0 Å². The number of rotatable bonds is 4. The number of anilines is 2. The largest absolute Gasteiger partial charge is 0.444 e. The zero-order valence-electron chi connectivity index (χ0n) is 27.0. The molecule has 47 heavy (non-hydrogen) atoms. The highest BCUT2D eigenvalue weighted by Gasteiger charge is 2.38. The second-order valence-electron chi connectivity index (χ2n) is 13.4. The molecule has 0 unspecified atom stereocenters. The van der Waals surface area contributed by atoms with Crippen molar-refractivity contribution < 1.29 is 23.0 Å². The van der Waals surface area contributed by atoms with Crippen LogP contribution < -0.4 is 10.2 Å². The van der Waals surface area contributed by atoms with Crippen molar-refractivity contribution in [2.45, 2.75) is 65.0 Å². The average molecular weight is 663 g/mol. The lowest BCUT2D eigenvalue weighted by atomic mass is 9.94. The number of nitrogens with one attached hydrogen (secondary N) is 1. The number of likely N-dealkylation sites (N-methyl/N-ethyl adjacent to an activating group) is 1. The number of hydrogen-bond acceptors (Lipinski definition) is 11. The van der Waals surface area contributed by atoms with Gasteiger partial charge in [-0.3, -0.25) is 15.2 Å². The third-order valence-electron chi connectivity index (χ3n) is 9.30. The number of thiophene rings is 1. The van der Waals surface area contributed by atoms with Crippen LogP contribution in [0.1, 0.15) is 50.8 Å². The van der Waals surface area contributed by atoms with Crippen LogP contribution in [0.3, 0.4) is 0 Å². The monoisotopic (exact) mass is 662 g/mol. The molecule has 3 aliphatic heterocycles. The Morgan fingerprint density at radius 3 is 2.60 bits per heavy atom. The summed E-state index contributed by atoms with van der Waals surface area (Å²) in [6.45, 7) is 12.4. The number of carbonyl (C=O) groups is 1. The molecule has 246 valence electrons. The van der Waals surface area contributed by atoms with Crippen molar-refractivity contribution in [2.75, 3.05) is 50.0 Å². The molecule has 0 saturated carbocycles. The Bertz CT molecular complexity index is 1950. The number of benzene rings is 1. The Balaban J connectivity index is 1.33. The van der Waals surface area contributed by atoms with Gasteiger partial charge in [-0.15, -0.1) is 11.3 Å². The number of carbonyl (C=O) groups excluding carboxylic acids is 1. The molecule has 6 heterocycles. The first kappa shape index (κ1) is 31.6. The van der Waals surface area contributed by atoms with Crippen molar-refractivity contribution in [3.05, 3.63) is 40.7 Å². The fourth-order valence-corrected chi connectivity index (χ4v) is 8.03. The topological polar surface area (TPSA) is 120 Å². The van der Waals surface area contributed by atoms with E-state index < -0.39 is 23.3 Å². The van der Waals surface area contributed by atoms with E-state index in [0.29, 0.717) is 22.9 Å². The first-order valence-electron chi connectivity index (χ1n) is 15.7. The van der Waals surface area contributed by atoms with Crippen LogP contribution >= 0.6 is 11.3 Å². The van der Waals surface area contributed by atoms with Gasteiger partial charge in [0.1, 0.15) is 22.2 Å². The molecule has 11 nitrogen and oxygen atoms in total. The second-order valence-corrected chi connectivity index (χ2v) is 14.4. The van der Waals surface area contributed by atoms with Crippen LogP contribution in [-0.4, -0.2) is 88.3 Å². The second kappa shape index (κ2) is 11.9. The molecule has 0 radical (unpaired) electrons. The quantitative estimate of drug-likeness (QED) is 0.294. The summed E-state index contributed by atoms with van der Waals surface area (Å²) in [5.74, 6) is -0.897. The van der Waals surface area contributed by atoms with Gasteiger partial charge in [0, 0.05) is 67.3 Å². The van der Waals surface area contributed by atoms with E-state index >= 15 is 8.78 Å². The standard InChI is InChI=1S/C33H36F2N8O3S/c1-17-23(42-10-8-41(5)9-11-42)6-7-43(17)31-38-13-19-20-15-45-16-21(20)24(26(35)27(19)39-31)28-25-18(12-36)30(40-32(44)46-33(2,3)4)47-29(25)22(34)14-37-28/h13-14,17,23H,6-11,15-16H2,1-5H3,(H,40,44)/t17-,23-/m1/s1. The van der Waals surface area contributed by atoms with Gasteiger partial charge in [0.05, 0.1) is 35.4 Å².